The average Bonchev–Trinajstić information content (AvgIpc) is 3.13. The Morgan fingerprint density at radius 1 is 1.19 bits per heavy atom. The maximum Gasteiger partial charge on any atom is 0.335 e. The number of aromatic nitrogens is 1. The second-order valence-corrected chi connectivity index (χ2v) is 10.2. The smallest absolute Gasteiger partial charge is 0.335 e. The summed E-state index contributed by atoms with van der Waals surface area (Å²) in [5.41, 5.74) is 1.24. The van der Waals surface area contributed by atoms with E-state index in [0.717, 1.165) is 22.7 Å². The first-order valence-electron chi connectivity index (χ1n) is 10.2. The molecular formula is C21H22ClN3O6S. The number of nitrogens with one attached hydrogen (secondary N) is 1. The van der Waals surface area contributed by atoms with Crippen LogP contribution in [0.3, 0.4) is 0 Å². The van der Waals surface area contributed by atoms with Gasteiger partial charge < -0.3 is 15.2 Å². The lowest BCUT2D eigenvalue weighted by Crippen LogP contribution is -2.26. The summed E-state index contributed by atoms with van der Waals surface area (Å²) in [6.45, 7) is 1.48. The van der Waals surface area contributed by atoms with Crippen LogP contribution in [0.25, 0.3) is 0 Å². The molecule has 32 heavy (non-hydrogen) atoms. The Morgan fingerprint density at radius 2 is 1.94 bits per heavy atom. The van der Waals surface area contributed by atoms with Crippen molar-refractivity contribution in [2.75, 3.05) is 35.1 Å². The lowest BCUT2D eigenvalue weighted by molar-refractivity contribution is 0.0696. The summed E-state index contributed by atoms with van der Waals surface area (Å²) in [6, 6.07) is 6.08. The third kappa shape index (κ3) is 4.72. The number of carboxylic acids is 1. The number of pyridine rings is 1. The molecule has 0 bridgehead atoms. The number of sulfonamides is 1. The summed E-state index contributed by atoms with van der Waals surface area (Å²) < 4.78 is 30.9. The Hall–Kier alpha value is -2.69. The molecular weight excluding hydrogens is 458 g/mol. The number of rotatable bonds is 5. The highest BCUT2D eigenvalue weighted by Gasteiger charge is 2.30. The first-order valence-corrected chi connectivity index (χ1v) is 12.2. The summed E-state index contributed by atoms with van der Waals surface area (Å²) in [5, 5.41) is 12.3. The molecule has 0 saturated carbocycles. The van der Waals surface area contributed by atoms with Crippen molar-refractivity contribution >= 4 is 45.0 Å². The van der Waals surface area contributed by atoms with E-state index in [1.807, 2.05) is 0 Å². The number of nitrogens with zero attached hydrogens (tertiary/aromatic N) is 2. The zero-order chi connectivity index (χ0) is 22.9. The van der Waals surface area contributed by atoms with Crippen LogP contribution in [-0.4, -0.2) is 55.9 Å². The molecule has 2 N–H and O–H groups in total. The van der Waals surface area contributed by atoms with Crippen LogP contribution in [0.5, 0.6) is 0 Å². The Kier molecular flexibility index (Phi) is 6.36. The second-order valence-electron chi connectivity index (χ2n) is 7.75. The molecule has 11 heteroatoms. The highest BCUT2D eigenvalue weighted by atomic mass is 35.5. The minimum atomic E-state index is -3.47. The molecule has 0 aliphatic carbocycles. The number of hydrogen-bond donors (Lipinski definition) is 2. The van der Waals surface area contributed by atoms with Crippen LogP contribution >= 0.6 is 11.6 Å². The normalized spacial score (nSPS) is 18.5. The minimum absolute atomic E-state index is 0.0236. The summed E-state index contributed by atoms with van der Waals surface area (Å²) in [5.74, 6) is -1.40. The zero-order valence-corrected chi connectivity index (χ0v) is 18.7. The fourth-order valence-electron chi connectivity index (χ4n) is 3.95. The zero-order valence-electron chi connectivity index (χ0n) is 17.1. The Bertz CT molecular complexity index is 1160. The minimum Gasteiger partial charge on any atom is -0.478 e. The third-order valence-corrected chi connectivity index (χ3v) is 7.74. The van der Waals surface area contributed by atoms with E-state index in [-0.39, 0.29) is 40.2 Å². The number of carbonyl (C=O) groups is 2. The molecule has 2 fully saturated rings. The van der Waals surface area contributed by atoms with Crippen LogP contribution in [-0.2, 0) is 14.8 Å². The average molecular weight is 480 g/mol. The monoisotopic (exact) mass is 479 g/mol. The van der Waals surface area contributed by atoms with Crippen molar-refractivity contribution in [3.8, 4) is 0 Å². The Labute approximate surface area is 190 Å². The number of ether oxygens (including phenoxy) is 1. The van der Waals surface area contributed by atoms with Gasteiger partial charge >= 0.3 is 5.97 Å². The van der Waals surface area contributed by atoms with Gasteiger partial charge in [-0.3, -0.25) is 9.10 Å². The Morgan fingerprint density at radius 3 is 2.59 bits per heavy atom. The molecule has 9 nitrogen and oxygen atoms in total. The molecule has 4 rings (SSSR count). The van der Waals surface area contributed by atoms with Gasteiger partial charge in [0.25, 0.3) is 5.91 Å². The fourth-order valence-corrected chi connectivity index (χ4v) is 5.64. The number of carboxylic acid groups (broad SMARTS) is 1. The molecule has 3 heterocycles. The van der Waals surface area contributed by atoms with E-state index in [2.05, 4.69) is 10.3 Å². The number of aromatic carboxylic acids is 1. The summed E-state index contributed by atoms with van der Waals surface area (Å²) in [7, 11) is -3.47. The SMILES string of the molecule is O=C(O)c1cc(NC(=O)c2cc(N3CCCS3(=O)=O)ncc2Cl)cc(C2CCOCC2)c1. The van der Waals surface area contributed by atoms with Gasteiger partial charge in [0.05, 0.1) is 21.9 Å². The van der Waals surface area contributed by atoms with E-state index < -0.39 is 21.9 Å². The quantitative estimate of drug-likeness (QED) is 0.674. The first kappa shape index (κ1) is 22.5. The summed E-state index contributed by atoms with van der Waals surface area (Å²) in [4.78, 5) is 28.7. The van der Waals surface area contributed by atoms with Gasteiger partial charge in [-0.25, -0.2) is 18.2 Å². The third-order valence-electron chi connectivity index (χ3n) is 5.59. The van der Waals surface area contributed by atoms with Crippen molar-refractivity contribution in [1.82, 2.24) is 4.98 Å². The highest BCUT2D eigenvalue weighted by Crippen LogP contribution is 2.31. The van der Waals surface area contributed by atoms with Crippen molar-refractivity contribution in [2.24, 2.45) is 0 Å². The van der Waals surface area contributed by atoms with E-state index in [9.17, 15) is 23.1 Å². The lowest BCUT2D eigenvalue weighted by atomic mass is 9.90. The number of amides is 1. The molecule has 0 radical (unpaired) electrons. The molecule has 2 aliphatic heterocycles. The molecule has 2 aromatic rings. The van der Waals surface area contributed by atoms with Gasteiger partial charge in [0.2, 0.25) is 10.0 Å². The van der Waals surface area contributed by atoms with E-state index in [1.165, 1.54) is 18.3 Å². The number of carbonyl (C=O) groups excluding carboxylic acids is 1. The lowest BCUT2D eigenvalue weighted by Gasteiger charge is -2.23. The van der Waals surface area contributed by atoms with E-state index >= 15 is 0 Å². The van der Waals surface area contributed by atoms with Gasteiger partial charge in [0.15, 0.2) is 0 Å². The second kappa shape index (κ2) is 9.05. The predicted molar refractivity (Wildman–Crippen MR) is 119 cm³/mol. The molecule has 1 amide bonds. The summed E-state index contributed by atoms with van der Waals surface area (Å²) >= 11 is 6.17. The van der Waals surface area contributed by atoms with Crippen LogP contribution in [0.4, 0.5) is 11.5 Å². The van der Waals surface area contributed by atoms with Crippen molar-refractivity contribution < 1.29 is 27.9 Å². The van der Waals surface area contributed by atoms with Gasteiger partial charge in [-0.1, -0.05) is 11.6 Å². The van der Waals surface area contributed by atoms with Crippen LogP contribution in [0.1, 0.15) is 51.5 Å². The number of anilines is 2. The molecule has 170 valence electrons. The number of hydrogen-bond acceptors (Lipinski definition) is 6. The highest BCUT2D eigenvalue weighted by molar-refractivity contribution is 7.93. The van der Waals surface area contributed by atoms with Crippen molar-refractivity contribution in [2.45, 2.75) is 25.2 Å². The van der Waals surface area contributed by atoms with E-state index in [4.69, 9.17) is 16.3 Å². The topological polar surface area (TPSA) is 126 Å². The van der Waals surface area contributed by atoms with Crippen molar-refractivity contribution in [1.29, 1.82) is 0 Å². The van der Waals surface area contributed by atoms with Crippen LogP contribution < -0.4 is 9.62 Å². The van der Waals surface area contributed by atoms with Gasteiger partial charge in [-0.05, 0) is 55.0 Å². The van der Waals surface area contributed by atoms with E-state index in [1.54, 1.807) is 12.1 Å². The van der Waals surface area contributed by atoms with Gasteiger partial charge in [0.1, 0.15) is 5.82 Å². The Balaban J connectivity index is 1.63. The largest absolute Gasteiger partial charge is 0.478 e. The van der Waals surface area contributed by atoms with Gasteiger partial charge in [-0.2, -0.15) is 0 Å². The number of halogens is 1. The standard InChI is InChI=1S/C21H22ClN3O6S/c22-18-12-23-19(25-4-1-7-32(25,29)30)11-17(18)20(26)24-16-9-14(8-15(10-16)21(27)28)13-2-5-31-6-3-13/h8-13H,1-7H2,(H,24,26)(H,27,28). The fraction of sp³-hybridized carbons (Fsp3) is 0.381. The summed E-state index contributed by atoms with van der Waals surface area (Å²) in [6.07, 6.45) is 3.24. The molecule has 2 saturated heterocycles. The van der Waals surface area contributed by atoms with Gasteiger partial charge in [0, 0.05) is 31.6 Å². The number of benzene rings is 1. The van der Waals surface area contributed by atoms with Gasteiger partial charge in [-0.15, -0.1) is 0 Å². The van der Waals surface area contributed by atoms with Crippen LogP contribution in [0.2, 0.25) is 5.02 Å². The van der Waals surface area contributed by atoms with E-state index in [0.29, 0.717) is 25.3 Å². The molecule has 0 spiro atoms. The van der Waals surface area contributed by atoms with Crippen LogP contribution in [0.15, 0.2) is 30.5 Å². The van der Waals surface area contributed by atoms with Crippen molar-refractivity contribution in [3.05, 3.63) is 52.2 Å². The maximum atomic E-state index is 13.0. The first-order chi connectivity index (χ1) is 15.2. The molecule has 2 aliphatic rings. The maximum absolute atomic E-state index is 13.0. The van der Waals surface area contributed by atoms with Crippen molar-refractivity contribution in [3.63, 3.8) is 0 Å². The van der Waals surface area contributed by atoms with Crippen LogP contribution in [0, 0.1) is 0 Å². The molecule has 0 unspecified atom stereocenters. The molecule has 1 aromatic carbocycles. The molecule has 1 aromatic heterocycles. The predicted octanol–water partition coefficient (Wildman–Crippen LogP) is 3.12. The molecule has 0 atom stereocenters.